The predicted molar refractivity (Wildman–Crippen MR) is 80.1 cm³/mol. The van der Waals surface area contributed by atoms with Crippen molar-refractivity contribution in [1.29, 1.82) is 0 Å². The maximum Gasteiger partial charge on any atom is 0.407 e. The molecule has 3 rings (SSSR count). The van der Waals surface area contributed by atoms with Crippen molar-refractivity contribution in [1.82, 2.24) is 5.32 Å². The standard InChI is InChI=1S/C17H23NO3/c1-17(2,3)21-16(19)18-15-13-10-20-9-12(13)14(15)11-7-5-4-6-8-11/h4-8,12-15H,9-10H2,1-3H3,(H,18,19)/t12-,13+,14+,15-/m1/s1. The Morgan fingerprint density at radius 2 is 1.86 bits per heavy atom. The molecule has 0 spiro atoms. The number of amides is 1. The molecule has 1 N–H and O–H groups in total. The van der Waals surface area contributed by atoms with E-state index in [4.69, 9.17) is 9.47 Å². The summed E-state index contributed by atoms with van der Waals surface area (Å²) in [6.45, 7) is 7.15. The Morgan fingerprint density at radius 3 is 2.52 bits per heavy atom. The molecular formula is C17H23NO3. The first-order valence-electron chi connectivity index (χ1n) is 7.58. The van der Waals surface area contributed by atoms with Crippen LogP contribution in [-0.2, 0) is 9.47 Å². The van der Waals surface area contributed by atoms with Crippen LogP contribution in [0.2, 0.25) is 0 Å². The second-order valence-electron chi connectivity index (χ2n) is 6.97. The molecule has 0 unspecified atom stereocenters. The molecule has 4 atom stereocenters. The lowest BCUT2D eigenvalue weighted by atomic mass is 9.60. The molecule has 1 aliphatic heterocycles. The highest BCUT2D eigenvalue weighted by Gasteiger charge is 2.54. The van der Waals surface area contributed by atoms with Crippen LogP contribution >= 0.6 is 0 Å². The van der Waals surface area contributed by atoms with Crippen molar-refractivity contribution < 1.29 is 14.3 Å². The summed E-state index contributed by atoms with van der Waals surface area (Å²) >= 11 is 0. The molecule has 0 radical (unpaired) electrons. The van der Waals surface area contributed by atoms with Crippen molar-refractivity contribution >= 4 is 6.09 Å². The van der Waals surface area contributed by atoms with Gasteiger partial charge in [0.05, 0.1) is 13.2 Å². The number of rotatable bonds is 2. The van der Waals surface area contributed by atoms with Crippen molar-refractivity contribution in [3.63, 3.8) is 0 Å². The quantitative estimate of drug-likeness (QED) is 0.910. The lowest BCUT2D eigenvalue weighted by molar-refractivity contribution is 0.0345. The fourth-order valence-corrected chi connectivity index (χ4v) is 3.48. The molecule has 1 aromatic rings. The third-order valence-electron chi connectivity index (χ3n) is 4.35. The molecule has 1 saturated heterocycles. The van der Waals surface area contributed by atoms with Crippen LogP contribution in [-0.4, -0.2) is 30.9 Å². The molecule has 1 saturated carbocycles. The van der Waals surface area contributed by atoms with Gasteiger partial charge in [0.25, 0.3) is 0 Å². The normalized spacial score (nSPS) is 31.2. The third-order valence-corrected chi connectivity index (χ3v) is 4.35. The monoisotopic (exact) mass is 289 g/mol. The van der Waals surface area contributed by atoms with E-state index in [1.165, 1.54) is 5.56 Å². The number of nitrogens with one attached hydrogen (secondary N) is 1. The zero-order chi connectivity index (χ0) is 15.0. The minimum Gasteiger partial charge on any atom is -0.444 e. The van der Waals surface area contributed by atoms with Gasteiger partial charge in [-0.05, 0) is 32.3 Å². The van der Waals surface area contributed by atoms with Gasteiger partial charge in [0.15, 0.2) is 0 Å². The van der Waals surface area contributed by atoms with Gasteiger partial charge in [0.2, 0.25) is 0 Å². The lowest BCUT2D eigenvalue weighted by Crippen LogP contribution is -2.58. The van der Waals surface area contributed by atoms with Crippen LogP contribution in [0.25, 0.3) is 0 Å². The average molecular weight is 289 g/mol. The second-order valence-corrected chi connectivity index (χ2v) is 6.97. The molecule has 0 aromatic heterocycles. The first-order chi connectivity index (χ1) is 9.96. The minimum atomic E-state index is -0.471. The number of hydrogen-bond donors (Lipinski definition) is 1. The molecule has 4 nitrogen and oxygen atoms in total. The van der Waals surface area contributed by atoms with Crippen LogP contribution in [0.1, 0.15) is 32.3 Å². The Labute approximate surface area is 125 Å². The van der Waals surface area contributed by atoms with Crippen LogP contribution < -0.4 is 5.32 Å². The molecule has 1 aliphatic carbocycles. The molecular weight excluding hydrogens is 266 g/mol. The van der Waals surface area contributed by atoms with E-state index in [0.29, 0.717) is 17.8 Å². The number of hydrogen-bond acceptors (Lipinski definition) is 3. The summed E-state index contributed by atoms with van der Waals surface area (Å²) in [5.74, 6) is 1.24. The van der Waals surface area contributed by atoms with Crippen LogP contribution in [0.5, 0.6) is 0 Å². The van der Waals surface area contributed by atoms with E-state index in [-0.39, 0.29) is 12.1 Å². The minimum absolute atomic E-state index is 0.106. The first-order valence-corrected chi connectivity index (χ1v) is 7.58. The van der Waals surface area contributed by atoms with Crippen LogP contribution in [0.15, 0.2) is 30.3 Å². The molecule has 4 heteroatoms. The fraction of sp³-hybridized carbons (Fsp3) is 0.588. The van der Waals surface area contributed by atoms with Crippen molar-refractivity contribution in [2.24, 2.45) is 11.8 Å². The zero-order valence-corrected chi connectivity index (χ0v) is 12.8. The van der Waals surface area contributed by atoms with Gasteiger partial charge in [-0.2, -0.15) is 0 Å². The van der Waals surface area contributed by atoms with E-state index < -0.39 is 5.60 Å². The van der Waals surface area contributed by atoms with Gasteiger partial charge in [-0.15, -0.1) is 0 Å². The van der Waals surface area contributed by atoms with Crippen LogP contribution in [0.3, 0.4) is 0 Å². The van der Waals surface area contributed by atoms with Gasteiger partial charge in [-0.3, -0.25) is 0 Å². The lowest BCUT2D eigenvalue weighted by Gasteiger charge is -2.48. The van der Waals surface area contributed by atoms with Gasteiger partial charge >= 0.3 is 6.09 Å². The molecule has 1 heterocycles. The maximum atomic E-state index is 12.1. The van der Waals surface area contributed by atoms with E-state index >= 15 is 0 Å². The van der Waals surface area contributed by atoms with Crippen molar-refractivity contribution in [2.45, 2.75) is 38.3 Å². The Balaban J connectivity index is 1.72. The van der Waals surface area contributed by atoms with Crippen molar-refractivity contribution in [3.8, 4) is 0 Å². The Bertz CT molecular complexity index is 509. The molecule has 2 aliphatic rings. The van der Waals surface area contributed by atoms with Crippen LogP contribution in [0.4, 0.5) is 4.79 Å². The van der Waals surface area contributed by atoms with E-state index in [1.807, 2.05) is 39.0 Å². The third kappa shape index (κ3) is 2.91. The summed E-state index contributed by atoms with van der Waals surface area (Å²) < 4.78 is 11.0. The molecule has 21 heavy (non-hydrogen) atoms. The van der Waals surface area contributed by atoms with Crippen molar-refractivity contribution in [3.05, 3.63) is 35.9 Å². The Morgan fingerprint density at radius 1 is 1.19 bits per heavy atom. The highest BCUT2D eigenvalue weighted by molar-refractivity contribution is 5.68. The summed E-state index contributed by atoms with van der Waals surface area (Å²) in [5, 5.41) is 3.05. The van der Waals surface area contributed by atoms with E-state index in [2.05, 4.69) is 17.4 Å². The Hall–Kier alpha value is -1.55. The second kappa shape index (κ2) is 5.34. The molecule has 1 amide bonds. The molecule has 114 valence electrons. The Kier molecular flexibility index (Phi) is 3.66. The molecule has 1 aromatic carbocycles. The zero-order valence-electron chi connectivity index (χ0n) is 12.8. The summed E-state index contributed by atoms with van der Waals surface area (Å²) in [6, 6.07) is 10.5. The van der Waals surface area contributed by atoms with E-state index in [0.717, 1.165) is 13.2 Å². The van der Waals surface area contributed by atoms with E-state index in [1.54, 1.807) is 0 Å². The summed E-state index contributed by atoms with van der Waals surface area (Å²) in [6.07, 6.45) is -0.334. The number of carbonyl (C=O) groups excluding carboxylic acids is 1. The van der Waals surface area contributed by atoms with Gasteiger partial charge in [0, 0.05) is 17.9 Å². The van der Waals surface area contributed by atoms with Gasteiger partial charge < -0.3 is 14.8 Å². The highest BCUT2D eigenvalue weighted by atomic mass is 16.6. The number of alkyl carbamates (subject to hydrolysis) is 1. The highest BCUT2D eigenvalue weighted by Crippen LogP contribution is 2.50. The van der Waals surface area contributed by atoms with Crippen LogP contribution in [0, 0.1) is 11.8 Å². The van der Waals surface area contributed by atoms with E-state index in [9.17, 15) is 4.79 Å². The molecule has 2 fully saturated rings. The first kappa shape index (κ1) is 14.4. The maximum absolute atomic E-state index is 12.1. The van der Waals surface area contributed by atoms with Gasteiger partial charge in [-0.1, -0.05) is 30.3 Å². The topological polar surface area (TPSA) is 47.6 Å². The number of carbonyl (C=O) groups is 1. The fourth-order valence-electron chi connectivity index (χ4n) is 3.48. The summed E-state index contributed by atoms with van der Waals surface area (Å²) in [5.41, 5.74) is 0.798. The number of fused-ring (bicyclic) bond motifs is 1. The summed E-state index contributed by atoms with van der Waals surface area (Å²) in [7, 11) is 0. The van der Waals surface area contributed by atoms with Gasteiger partial charge in [-0.25, -0.2) is 4.79 Å². The smallest absolute Gasteiger partial charge is 0.407 e. The molecule has 0 bridgehead atoms. The SMILES string of the molecule is CC(C)(C)OC(=O)N[C@@H]1[C@H]2COC[C@H]2[C@@H]1c1ccccc1. The van der Waals surface area contributed by atoms with Gasteiger partial charge in [0.1, 0.15) is 5.60 Å². The number of ether oxygens (including phenoxy) is 2. The largest absolute Gasteiger partial charge is 0.444 e. The number of benzene rings is 1. The van der Waals surface area contributed by atoms with Crippen molar-refractivity contribution in [2.75, 3.05) is 13.2 Å². The summed E-state index contributed by atoms with van der Waals surface area (Å²) in [4.78, 5) is 12.1. The average Bonchev–Trinajstić information content (AvgIpc) is 2.79. The predicted octanol–water partition coefficient (Wildman–Crippen LogP) is 2.94.